The van der Waals surface area contributed by atoms with E-state index >= 15 is 0 Å². The molecular weight excluding hydrogens is 466 g/mol. The SMILES string of the molecule is O=C(O)C[C@H](NC(=O)[C@@H](Cc1cc(=O)[nH]c2ccccc12)NC(=O)c1ccc(Cl)cc1)C(=O)O. The standard InChI is InChI=1S/C23H20ClN3O7/c24-14-7-5-12(6-8-14)21(31)26-17(22(32)27-18(23(33)34)11-20(29)30)9-13-10-19(28)25-16-4-2-1-3-15(13)16/h1-8,10,17-18H,9,11H2,(H,25,28)(H,26,31)(H,27,32)(H,29,30)(H,33,34)/t17-,18+/m1/s1. The Morgan fingerprint density at radius 1 is 0.941 bits per heavy atom. The molecule has 5 N–H and O–H groups in total. The lowest BCUT2D eigenvalue weighted by Gasteiger charge is -2.21. The monoisotopic (exact) mass is 485 g/mol. The summed E-state index contributed by atoms with van der Waals surface area (Å²) in [5.41, 5.74) is 0.716. The molecule has 0 aliphatic carbocycles. The Labute approximate surface area is 197 Å². The van der Waals surface area contributed by atoms with Crippen molar-refractivity contribution in [2.45, 2.75) is 24.9 Å². The minimum absolute atomic E-state index is 0.158. The molecule has 0 aliphatic heterocycles. The highest BCUT2D eigenvalue weighted by atomic mass is 35.5. The van der Waals surface area contributed by atoms with Gasteiger partial charge in [0.1, 0.15) is 12.1 Å². The first-order valence-electron chi connectivity index (χ1n) is 10.1. The van der Waals surface area contributed by atoms with Gasteiger partial charge in [-0.25, -0.2) is 4.79 Å². The van der Waals surface area contributed by atoms with Crippen LogP contribution in [0.2, 0.25) is 5.02 Å². The predicted octanol–water partition coefficient (Wildman–Crippen LogP) is 1.57. The summed E-state index contributed by atoms with van der Waals surface area (Å²) < 4.78 is 0. The number of nitrogens with one attached hydrogen (secondary N) is 3. The van der Waals surface area contributed by atoms with E-state index in [0.717, 1.165) is 0 Å². The van der Waals surface area contributed by atoms with Crippen molar-refractivity contribution >= 4 is 46.3 Å². The lowest BCUT2D eigenvalue weighted by Crippen LogP contribution is -2.53. The maximum atomic E-state index is 13.0. The number of halogens is 1. The molecule has 0 saturated carbocycles. The second kappa shape index (κ2) is 10.6. The third-order valence-corrected chi connectivity index (χ3v) is 5.23. The van der Waals surface area contributed by atoms with Crippen LogP contribution in [0.15, 0.2) is 59.4 Å². The Morgan fingerprint density at radius 2 is 1.62 bits per heavy atom. The van der Waals surface area contributed by atoms with Crippen LogP contribution in [-0.4, -0.2) is 51.0 Å². The number of H-pyrrole nitrogens is 1. The first-order chi connectivity index (χ1) is 16.1. The molecule has 1 heterocycles. The maximum absolute atomic E-state index is 13.0. The zero-order valence-electron chi connectivity index (χ0n) is 17.6. The largest absolute Gasteiger partial charge is 0.481 e. The summed E-state index contributed by atoms with van der Waals surface area (Å²) in [5.74, 6) is -4.52. The quantitative estimate of drug-likeness (QED) is 0.306. The molecule has 3 aromatic rings. The number of fused-ring (bicyclic) bond motifs is 1. The zero-order valence-corrected chi connectivity index (χ0v) is 18.3. The summed E-state index contributed by atoms with van der Waals surface area (Å²) >= 11 is 5.85. The Hall–Kier alpha value is -4.18. The maximum Gasteiger partial charge on any atom is 0.326 e. The molecule has 3 rings (SSSR count). The fourth-order valence-corrected chi connectivity index (χ4v) is 3.49. The number of rotatable bonds is 9. The number of amides is 2. The van der Waals surface area contributed by atoms with Crippen LogP contribution in [0.1, 0.15) is 22.3 Å². The first-order valence-corrected chi connectivity index (χ1v) is 10.4. The molecule has 2 amide bonds. The van der Waals surface area contributed by atoms with Crippen molar-refractivity contribution < 1.29 is 29.4 Å². The molecule has 176 valence electrons. The van der Waals surface area contributed by atoms with Crippen molar-refractivity contribution in [3.05, 3.63) is 81.1 Å². The number of carbonyl (C=O) groups is 4. The van der Waals surface area contributed by atoms with Crippen molar-refractivity contribution in [1.29, 1.82) is 0 Å². The van der Waals surface area contributed by atoms with Gasteiger partial charge in [0.15, 0.2) is 0 Å². The summed E-state index contributed by atoms with van der Waals surface area (Å²) in [6.45, 7) is 0. The van der Waals surface area contributed by atoms with Crippen molar-refractivity contribution in [2.75, 3.05) is 0 Å². The fraction of sp³-hybridized carbons (Fsp3) is 0.174. The minimum Gasteiger partial charge on any atom is -0.481 e. The molecule has 0 spiro atoms. The van der Waals surface area contributed by atoms with E-state index in [2.05, 4.69) is 15.6 Å². The van der Waals surface area contributed by atoms with Crippen LogP contribution in [0.3, 0.4) is 0 Å². The number of para-hydroxylation sites is 1. The van der Waals surface area contributed by atoms with E-state index in [0.29, 0.717) is 21.5 Å². The molecular formula is C23H20ClN3O7. The number of benzene rings is 2. The van der Waals surface area contributed by atoms with Gasteiger partial charge in [0.05, 0.1) is 6.42 Å². The van der Waals surface area contributed by atoms with E-state index in [-0.39, 0.29) is 12.0 Å². The third-order valence-electron chi connectivity index (χ3n) is 4.98. The van der Waals surface area contributed by atoms with Crippen LogP contribution < -0.4 is 16.2 Å². The van der Waals surface area contributed by atoms with Crippen molar-refractivity contribution in [3.63, 3.8) is 0 Å². The van der Waals surface area contributed by atoms with Gasteiger partial charge < -0.3 is 25.8 Å². The Morgan fingerprint density at radius 3 is 2.26 bits per heavy atom. The van der Waals surface area contributed by atoms with Gasteiger partial charge in [-0.1, -0.05) is 29.8 Å². The molecule has 11 heteroatoms. The molecule has 34 heavy (non-hydrogen) atoms. The number of hydrogen-bond acceptors (Lipinski definition) is 5. The lowest BCUT2D eigenvalue weighted by molar-refractivity contribution is -0.147. The van der Waals surface area contributed by atoms with Crippen LogP contribution >= 0.6 is 11.6 Å². The second-order valence-electron chi connectivity index (χ2n) is 7.44. The van der Waals surface area contributed by atoms with Crippen molar-refractivity contribution in [3.8, 4) is 0 Å². The molecule has 2 atom stereocenters. The highest BCUT2D eigenvalue weighted by Crippen LogP contribution is 2.17. The molecule has 0 aliphatic rings. The van der Waals surface area contributed by atoms with Crippen LogP contribution in [0.25, 0.3) is 10.9 Å². The number of pyridine rings is 1. The molecule has 1 aromatic heterocycles. The van der Waals surface area contributed by atoms with Gasteiger partial charge in [-0.15, -0.1) is 0 Å². The fourth-order valence-electron chi connectivity index (χ4n) is 3.36. The molecule has 0 unspecified atom stereocenters. The molecule has 10 nitrogen and oxygen atoms in total. The van der Waals surface area contributed by atoms with E-state index in [1.54, 1.807) is 24.3 Å². The van der Waals surface area contributed by atoms with E-state index in [4.69, 9.17) is 16.7 Å². The van der Waals surface area contributed by atoms with Crippen molar-refractivity contribution in [1.82, 2.24) is 15.6 Å². The average molecular weight is 486 g/mol. The highest BCUT2D eigenvalue weighted by molar-refractivity contribution is 6.30. The van der Waals surface area contributed by atoms with Gasteiger partial charge in [0.2, 0.25) is 11.5 Å². The molecule has 0 fully saturated rings. The van der Waals surface area contributed by atoms with Crippen LogP contribution in [0.4, 0.5) is 0 Å². The number of aliphatic carboxylic acids is 2. The van der Waals surface area contributed by atoms with Gasteiger partial charge >= 0.3 is 11.9 Å². The Bertz CT molecular complexity index is 1300. The molecule has 2 aromatic carbocycles. The number of carboxylic acids is 2. The molecule has 0 saturated heterocycles. The normalized spacial score (nSPS) is 12.5. The number of hydrogen-bond donors (Lipinski definition) is 5. The second-order valence-corrected chi connectivity index (χ2v) is 7.88. The first kappa shape index (κ1) is 24.5. The van der Waals surface area contributed by atoms with Gasteiger partial charge in [0, 0.05) is 34.0 Å². The number of carboxylic acid groups (broad SMARTS) is 2. The van der Waals surface area contributed by atoms with Crippen LogP contribution in [-0.2, 0) is 20.8 Å². The molecule has 0 bridgehead atoms. The highest BCUT2D eigenvalue weighted by Gasteiger charge is 2.29. The number of carbonyl (C=O) groups excluding carboxylic acids is 2. The van der Waals surface area contributed by atoms with Gasteiger partial charge in [-0.3, -0.25) is 19.2 Å². The summed E-state index contributed by atoms with van der Waals surface area (Å²) in [7, 11) is 0. The van der Waals surface area contributed by atoms with E-state index < -0.39 is 47.8 Å². The van der Waals surface area contributed by atoms with Crippen LogP contribution in [0, 0.1) is 0 Å². The predicted molar refractivity (Wildman–Crippen MR) is 123 cm³/mol. The van der Waals surface area contributed by atoms with Gasteiger partial charge in [0.25, 0.3) is 5.91 Å². The lowest BCUT2D eigenvalue weighted by atomic mass is 10.00. The smallest absolute Gasteiger partial charge is 0.326 e. The number of aromatic nitrogens is 1. The average Bonchev–Trinajstić information content (AvgIpc) is 2.78. The molecule has 0 radical (unpaired) electrons. The topological polar surface area (TPSA) is 166 Å². The van der Waals surface area contributed by atoms with Gasteiger partial charge in [-0.2, -0.15) is 0 Å². The Kier molecular flexibility index (Phi) is 7.64. The summed E-state index contributed by atoms with van der Waals surface area (Å²) in [6.07, 6.45) is -1.01. The van der Waals surface area contributed by atoms with E-state index in [1.165, 1.54) is 30.3 Å². The van der Waals surface area contributed by atoms with Crippen LogP contribution in [0.5, 0.6) is 0 Å². The van der Waals surface area contributed by atoms with E-state index in [9.17, 15) is 29.1 Å². The number of aromatic amines is 1. The summed E-state index contributed by atoms with van der Waals surface area (Å²) in [5, 5.41) is 24.0. The van der Waals surface area contributed by atoms with Crippen molar-refractivity contribution in [2.24, 2.45) is 0 Å². The van der Waals surface area contributed by atoms with E-state index in [1.807, 2.05) is 0 Å². The minimum atomic E-state index is -1.71. The summed E-state index contributed by atoms with van der Waals surface area (Å²) in [4.78, 5) is 63.0. The zero-order chi connectivity index (χ0) is 24.8. The summed E-state index contributed by atoms with van der Waals surface area (Å²) in [6, 6.07) is 11.0. The third kappa shape index (κ3) is 6.20. The Balaban J connectivity index is 1.94. The van der Waals surface area contributed by atoms with Gasteiger partial charge in [-0.05, 0) is 35.9 Å².